The predicted octanol–water partition coefficient (Wildman–Crippen LogP) is 3.63. The molecule has 0 bridgehead atoms. The van der Waals surface area contributed by atoms with Crippen LogP contribution in [0.1, 0.15) is 22.5 Å². The number of anilines is 1. The van der Waals surface area contributed by atoms with Crippen LogP contribution < -0.4 is 10.2 Å². The molecule has 1 aliphatic rings. The first-order valence-electron chi connectivity index (χ1n) is 9.45. The van der Waals surface area contributed by atoms with Crippen LogP contribution in [-0.4, -0.2) is 26.5 Å². The summed E-state index contributed by atoms with van der Waals surface area (Å²) in [5.41, 5.74) is 5.25. The molecule has 0 aliphatic carbocycles. The van der Waals surface area contributed by atoms with Gasteiger partial charge in [-0.2, -0.15) is 0 Å². The van der Waals surface area contributed by atoms with Crippen molar-refractivity contribution in [2.45, 2.75) is 20.8 Å². The number of hydrogen-bond acceptors (Lipinski definition) is 4. The van der Waals surface area contributed by atoms with Crippen LogP contribution in [0.3, 0.4) is 0 Å². The molecule has 0 spiro atoms. The quantitative estimate of drug-likeness (QED) is 0.402. The maximum absolute atomic E-state index is 13.3. The van der Waals surface area contributed by atoms with E-state index in [4.69, 9.17) is 12.2 Å². The summed E-state index contributed by atoms with van der Waals surface area (Å²) in [5.74, 6) is -0.935. The van der Waals surface area contributed by atoms with Crippen LogP contribution in [-0.2, 0) is 9.59 Å². The maximum atomic E-state index is 13.3. The third-order valence-electron chi connectivity index (χ3n) is 5.15. The smallest absolute Gasteiger partial charge is 0.270 e. The Morgan fingerprint density at radius 2 is 1.73 bits per heavy atom. The van der Waals surface area contributed by atoms with Gasteiger partial charge in [-0.05, 0) is 74.5 Å². The van der Waals surface area contributed by atoms with Crippen LogP contribution in [0, 0.1) is 20.8 Å². The van der Waals surface area contributed by atoms with Gasteiger partial charge in [-0.25, -0.2) is 0 Å². The lowest BCUT2D eigenvalue weighted by molar-refractivity contribution is -0.122. The zero-order valence-electron chi connectivity index (χ0n) is 16.8. The Kier molecular flexibility index (Phi) is 5.05. The van der Waals surface area contributed by atoms with E-state index in [0.29, 0.717) is 5.69 Å². The van der Waals surface area contributed by atoms with E-state index in [1.807, 2.05) is 63.2 Å². The Balaban J connectivity index is 1.78. The number of pyridine rings is 1. The molecule has 0 atom stereocenters. The summed E-state index contributed by atoms with van der Waals surface area (Å²) in [6, 6.07) is 13.2. The van der Waals surface area contributed by atoms with Gasteiger partial charge in [-0.1, -0.05) is 18.2 Å². The molecule has 1 saturated heterocycles. The number of carbonyl (C=O) groups is 2. The molecule has 0 radical (unpaired) electrons. The molecule has 3 heterocycles. The topological polar surface area (TPSA) is 67.2 Å². The molecule has 30 heavy (non-hydrogen) atoms. The number of benzene rings is 1. The lowest BCUT2D eigenvalue weighted by Gasteiger charge is -2.30. The SMILES string of the molecule is Cc1ccccc1N1C(=O)/C(=C/c2cc(C)n(-c3ccncc3)c2C)C(=O)NC1=S. The number of rotatable bonds is 3. The van der Waals surface area contributed by atoms with Crippen LogP contribution in [0.4, 0.5) is 5.69 Å². The molecule has 1 aromatic carbocycles. The van der Waals surface area contributed by atoms with Crippen LogP contribution in [0.15, 0.2) is 60.4 Å². The fraction of sp³-hybridized carbons (Fsp3) is 0.130. The van der Waals surface area contributed by atoms with Crippen molar-refractivity contribution in [2.75, 3.05) is 4.90 Å². The minimum absolute atomic E-state index is 0.0434. The van der Waals surface area contributed by atoms with Gasteiger partial charge in [0.1, 0.15) is 5.57 Å². The van der Waals surface area contributed by atoms with Crippen molar-refractivity contribution in [3.05, 3.63) is 82.9 Å². The van der Waals surface area contributed by atoms with Crippen molar-refractivity contribution < 1.29 is 9.59 Å². The van der Waals surface area contributed by atoms with Gasteiger partial charge < -0.3 is 4.57 Å². The van der Waals surface area contributed by atoms with E-state index in [1.165, 1.54) is 4.90 Å². The summed E-state index contributed by atoms with van der Waals surface area (Å²) >= 11 is 5.29. The van der Waals surface area contributed by atoms with Crippen molar-refractivity contribution in [2.24, 2.45) is 0 Å². The van der Waals surface area contributed by atoms with E-state index in [-0.39, 0.29) is 10.7 Å². The fourth-order valence-corrected chi connectivity index (χ4v) is 3.94. The van der Waals surface area contributed by atoms with Crippen molar-refractivity contribution >= 4 is 40.9 Å². The van der Waals surface area contributed by atoms with E-state index in [2.05, 4.69) is 14.9 Å². The van der Waals surface area contributed by atoms with Gasteiger partial charge in [0.05, 0.1) is 5.69 Å². The minimum atomic E-state index is -0.497. The molecule has 0 saturated carbocycles. The summed E-state index contributed by atoms with van der Waals surface area (Å²) < 4.78 is 2.06. The number of carbonyl (C=O) groups excluding carboxylic acids is 2. The minimum Gasteiger partial charge on any atom is -0.318 e. The molecule has 2 aromatic heterocycles. The van der Waals surface area contributed by atoms with E-state index < -0.39 is 11.8 Å². The lowest BCUT2D eigenvalue weighted by Crippen LogP contribution is -2.54. The Hall–Kier alpha value is -3.58. The van der Waals surface area contributed by atoms with Crippen LogP contribution in [0.5, 0.6) is 0 Å². The zero-order valence-corrected chi connectivity index (χ0v) is 17.7. The highest BCUT2D eigenvalue weighted by Gasteiger charge is 2.35. The van der Waals surface area contributed by atoms with E-state index in [0.717, 1.165) is 28.2 Å². The van der Waals surface area contributed by atoms with Crippen LogP contribution in [0.2, 0.25) is 0 Å². The number of amides is 2. The predicted molar refractivity (Wildman–Crippen MR) is 120 cm³/mol. The first-order chi connectivity index (χ1) is 14.4. The van der Waals surface area contributed by atoms with Crippen molar-refractivity contribution in [1.82, 2.24) is 14.9 Å². The zero-order chi connectivity index (χ0) is 21.4. The highest BCUT2D eigenvalue weighted by Crippen LogP contribution is 2.27. The second-order valence-corrected chi connectivity index (χ2v) is 7.50. The van der Waals surface area contributed by atoms with Gasteiger partial charge >= 0.3 is 0 Å². The highest BCUT2D eigenvalue weighted by atomic mass is 32.1. The third kappa shape index (κ3) is 3.33. The number of aromatic nitrogens is 2. The number of nitrogens with one attached hydrogen (secondary N) is 1. The standard InChI is InChI=1S/C23H20N4O2S/c1-14-6-4-5-7-20(14)27-22(29)19(21(28)25-23(27)30)13-17-12-15(2)26(16(17)3)18-8-10-24-11-9-18/h4-13H,1-3H3,(H,25,28,30)/b19-13+. The Labute approximate surface area is 179 Å². The number of hydrogen-bond donors (Lipinski definition) is 1. The monoisotopic (exact) mass is 416 g/mol. The summed E-state index contributed by atoms with van der Waals surface area (Å²) in [7, 11) is 0. The second kappa shape index (κ2) is 7.68. The van der Waals surface area contributed by atoms with E-state index in [9.17, 15) is 9.59 Å². The Bertz CT molecular complexity index is 1210. The average Bonchev–Trinajstić information content (AvgIpc) is 3.00. The number of nitrogens with zero attached hydrogens (tertiary/aromatic N) is 3. The molecule has 7 heteroatoms. The molecule has 1 fully saturated rings. The molecule has 3 aromatic rings. The molecule has 150 valence electrons. The average molecular weight is 417 g/mol. The maximum Gasteiger partial charge on any atom is 0.270 e. The summed E-state index contributed by atoms with van der Waals surface area (Å²) in [5, 5.41) is 2.72. The van der Waals surface area contributed by atoms with Crippen molar-refractivity contribution in [3.63, 3.8) is 0 Å². The molecular formula is C23H20N4O2S. The van der Waals surface area contributed by atoms with E-state index >= 15 is 0 Å². The molecular weight excluding hydrogens is 396 g/mol. The molecule has 1 N–H and O–H groups in total. The molecule has 0 unspecified atom stereocenters. The van der Waals surface area contributed by atoms with Gasteiger partial charge in [-0.15, -0.1) is 0 Å². The highest BCUT2D eigenvalue weighted by molar-refractivity contribution is 7.80. The normalized spacial score (nSPS) is 15.6. The number of thiocarbonyl (C=S) groups is 1. The molecule has 2 amide bonds. The summed E-state index contributed by atoms with van der Waals surface area (Å²) in [6.07, 6.45) is 5.09. The third-order valence-corrected chi connectivity index (χ3v) is 5.43. The van der Waals surface area contributed by atoms with E-state index in [1.54, 1.807) is 18.5 Å². The van der Waals surface area contributed by atoms with Gasteiger partial charge in [0, 0.05) is 29.5 Å². The number of aryl methyl sites for hydroxylation is 2. The van der Waals surface area contributed by atoms with Crippen molar-refractivity contribution in [1.29, 1.82) is 0 Å². The first-order valence-corrected chi connectivity index (χ1v) is 9.85. The van der Waals surface area contributed by atoms with Gasteiger partial charge in [-0.3, -0.25) is 24.8 Å². The summed E-state index contributed by atoms with van der Waals surface area (Å²) in [4.78, 5) is 31.3. The fourth-order valence-electron chi connectivity index (χ4n) is 3.67. The van der Waals surface area contributed by atoms with Gasteiger partial charge in [0.2, 0.25) is 0 Å². The Morgan fingerprint density at radius 3 is 2.43 bits per heavy atom. The molecule has 4 rings (SSSR count). The largest absolute Gasteiger partial charge is 0.318 e. The van der Waals surface area contributed by atoms with Crippen LogP contribution >= 0.6 is 12.2 Å². The summed E-state index contributed by atoms with van der Waals surface area (Å²) in [6.45, 7) is 5.83. The van der Waals surface area contributed by atoms with Gasteiger partial charge in [0.25, 0.3) is 11.8 Å². The van der Waals surface area contributed by atoms with Crippen LogP contribution in [0.25, 0.3) is 11.8 Å². The second-order valence-electron chi connectivity index (χ2n) is 7.11. The van der Waals surface area contributed by atoms with Crippen molar-refractivity contribution in [3.8, 4) is 5.69 Å². The number of para-hydroxylation sites is 1. The molecule has 6 nitrogen and oxygen atoms in total. The lowest BCUT2D eigenvalue weighted by atomic mass is 10.1. The van der Waals surface area contributed by atoms with Gasteiger partial charge in [0.15, 0.2) is 5.11 Å². The molecule has 1 aliphatic heterocycles. The Morgan fingerprint density at radius 1 is 1.03 bits per heavy atom. The first kappa shape index (κ1) is 19.7.